The van der Waals surface area contributed by atoms with Crippen molar-refractivity contribution >= 4 is 11.1 Å². The number of benzene rings is 2. The van der Waals surface area contributed by atoms with Crippen LogP contribution in [0.3, 0.4) is 0 Å². The molecule has 2 atom stereocenters. The third-order valence-electron chi connectivity index (χ3n) is 9.31. The second kappa shape index (κ2) is 11.8. The van der Waals surface area contributed by atoms with Crippen molar-refractivity contribution in [2.45, 2.75) is 119 Å². The highest BCUT2D eigenvalue weighted by atomic mass is 14.5. The lowest BCUT2D eigenvalue weighted by Crippen LogP contribution is -2.32. The highest BCUT2D eigenvalue weighted by Crippen LogP contribution is 2.63. The van der Waals surface area contributed by atoms with Crippen molar-refractivity contribution in [1.29, 1.82) is 0 Å². The minimum Gasteiger partial charge on any atom is -0.0654 e. The van der Waals surface area contributed by atoms with Gasteiger partial charge in [0.25, 0.3) is 0 Å². The molecule has 4 rings (SSSR count). The first-order chi connectivity index (χ1) is 17.8. The highest BCUT2D eigenvalue weighted by molar-refractivity contribution is 5.82. The molecule has 0 N–H and O–H groups in total. The van der Waals surface area contributed by atoms with Gasteiger partial charge in [0.2, 0.25) is 0 Å². The molecular formula is C37H52. The van der Waals surface area contributed by atoms with Gasteiger partial charge in [-0.15, -0.1) is 0 Å². The molecule has 0 amide bonds. The van der Waals surface area contributed by atoms with Crippen molar-refractivity contribution in [3.63, 3.8) is 0 Å². The number of rotatable bonds is 12. The molecule has 2 aromatic carbocycles. The summed E-state index contributed by atoms with van der Waals surface area (Å²) in [4.78, 5) is 0. The molecule has 37 heavy (non-hydrogen) atoms. The van der Waals surface area contributed by atoms with E-state index in [-0.39, 0.29) is 5.41 Å². The molecule has 0 saturated heterocycles. The van der Waals surface area contributed by atoms with Gasteiger partial charge in [-0.2, -0.15) is 0 Å². The van der Waals surface area contributed by atoms with Gasteiger partial charge in [-0.05, 0) is 76.3 Å². The molecule has 0 radical (unpaired) electrons. The van der Waals surface area contributed by atoms with Crippen molar-refractivity contribution in [3.8, 4) is 0 Å². The molecule has 0 heteroatoms. The summed E-state index contributed by atoms with van der Waals surface area (Å²) in [6.45, 7) is 19.6. The largest absolute Gasteiger partial charge is 0.0654 e. The second-order valence-corrected chi connectivity index (χ2v) is 13.0. The van der Waals surface area contributed by atoms with Gasteiger partial charge in [-0.3, -0.25) is 0 Å². The predicted molar refractivity (Wildman–Crippen MR) is 164 cm³/mol. The fraction of sp³-hybridized carbons (Fsp3) is 0.568. The quantitative estimate of drug-likeness (QED) is 0.256. The van der Waals surface area contributed by atoms with Crippen molar-refractivity contribution in [1.82, 2.24) is 0 Å². The molecule has 0 saturated carbocycles. The van der Waals surface area contributed by atoms with Gasteiger partial charge in [-0.25, -0.2) is 0 Å². The van der Waals surface area contributed by atoms with E-state index < -0.39 is 0 Å². The smallest absolute Gasteiger partial charge is 0.0123 e. The first-order valence-electron chi connectivity index (χ1n) is 15.4. The van der Waals surface area contributed by atoms with E-state index in [4.69, 9.17) is 0 Å². The number of allylic oxidation sites excluding steroid dienone is 4. The van der Waals surface area contributed by atoms with Crippen molar-refractivity contribution in [3.05, 3.63) is 81.9 Å². The van der Waals surface area contributed by atoms with Crippen LogP contribution >= 0.6 is 0 Å². The van der Waals surface area contributed by atoms with Crippen LogP contribution in [0.4, 0.5) is 0 Å². The maximum absolute atomic E-state index is 2.60. The molecule has 2 aliphatic carbocycles. The molecule has 0 bridgehead atoms. The second-order valence-electron chi connectivity index (χ2n) is 13.0. The lowest BCUT2D eigenvalue weighted by molar-refractivity contribution is 0.257. The standard InChI is InChI=1S/C37H52/c1-9-11-13-21-29-27-19-15-17-23-31(27)35(33(29)25(3)4)37(7,8)36-32-24-18-16-20-28(32)30(22-14-12-10-2)34(36)26(5)6/h15-20,23-26,35-36H,9-14,21-22H2,1-8H3. The summed E-state index contributed by atoms with van der Waals surface area (Å²) in [5.41, 5.74) is 13.1. The van der Waals surface area contributed by atoms with E-state index in [1.54, 1.807) is 44.5 Å². The van der Waals surface area contributed by atoms with Gasteiger partial charge in [-0.1, -0.05) is 141 Å². The Hall–Kier alpha value is -2.08. The van der Waals surface area contributed by atoms with E-state index >= 15 is 0 Å². The Labute approximate surface area is 228 Å². The number of hydrogen-bond donors (Lipinski definition) is 0. The highest BCUT2D eigenvalue weighted by Gasteiger charge is 2.50. The number of fused-ring (bicyclic) bond motifs is 2. The van der Waals surface area contributed by atoms with E-state index in [0.717, 1.165) is 0 Å². The average molecular weight is 497 g/mol. The van der Waals surface area contributed by atoms with E-state index in [1.807, 2.05) is 0 Å². The van der Waals surface area contributed by atoms with Crippen molar-refractivity contribution in [2.75, 3.05) is 0 Å². The minimum absolute atomic E-state index is 0.0877. The van der Waals surface area contributed by atoms with Gasteiger partial charge in [0.15, 0.2) is 0 Å². The van der Waals surface area contributed by atoms with Crippen LogP contribution in [0.5, 0.6) is 0 Å². The first kappa shape index (κ1) is 27.9. The lowest BCUT2D eigenvalue weighted by atomic mass is 9.60. The minimum atomic E-state index is 0.0877. The first-order valence-corrected chi connectivity index (χ1v) is 15.4. The van der Waals surface area contributed by atoms with E-state index in [9.17, 15) is 0 Å². The zero-order chi connectivity index (χ0) is 26.7. The normalized spacial score (nSPS) is 19.4. The summed E-state index contributed by atoms with van der Waals surface area (Å²) in [5, 5.41) is 0. The van der Waals surface area contributed by atoms with Gasteiger partial charge in [0.05, 0.1) is 0 Å². The molecule has 0 nitrogen and oxygen atoms in total. The van der Waals surface area contributed by atoms with Crippen LogP contribution in [0, 0.1) is 17.3 Å². The summed E-state index contributed by atoms with van der Waals surface area (Å²) >= 11 is 0. The molecule has 0 aromatic heterocycles. The van der Waals surface area contributed by atoms with Gasteiger partial charge in [0, 0.05) is 11.8 Å². The molecule has 2 aliphatic rings. The summed E-state index contributed by atoms with van der Waals surface area (Å²) in [7, 11) is 0. The fourth-order valence-electron chi connectivity index (χ4n) is 7.84. The number of unbranched alkanes of at least 4 members (excludes halogenated alkanes) is 4. The Bertz CT molecular complexity index is 1050. The Morgan fingerprint density at radius 1 is 0.595 bits per heavy atom. The average Bonchev–Trinajstić information content (AvgIpc) is 3.39. The monoisotopic (exact) mass is 496 g/mol. The van der Waals surface area contributed by atoms with Crippen LogP contribution in [-0.4, -0.2) is 0 Å². The number of hydrogen-bond acceptors (Lipinski definition) is 0. The van der Waals surface area contributed by atoms with E-state index in [1.165, 1.54) is 51.4 Å². The summed E-state index contributed by atoms with van der Waals surface area (Å²) in [5.74, 6) is 2.03. The maximum Gasteiger partial charge on any atom is 0.0123 e. The third kappa shape index (κ3) is 5.15. The topological polar surface area (TPSA) is 0 Å². The van der Waals surface area contributed by atoms with Crippen LogP contribution < -0.4 is 0 Å². The van der Waals surface area contributed by atoms with E-state index in [0.29, 0.717) is 23.7 Å². The maximum atomic E-state index is 2.60. The van der Waals surface area contributed by atoms with Gasteiger partial charge in [0.1, 0.15) is 0 Å². The van der Waals surface area contributed by atoms with Crippen molar-refractivity contribution in [2.24, 2.45) is 17.3 Å². The molecule has 0 fully saturated rings. The fourth-order valence-corrected chi connectivity index (χ4v) is 7.84. The molecule has 0 spiro atoms. The van der Waals surface area contributed by atoms with Crippen LogP contribution in [0.25, 0.3) is 11.1 Å². The van der Waals surface area contributed by atoms with Gasteiger partial charge >= 0.3 is 0 Å². The third-order valence-corrected chi connectivity index (χ3v) is 9.31. The van der Waals surface area contributed by atoms with Crippen molar-refractivity contribution < 1.29 is 0 Å². The Balaban J connectivity index is 1.89. The summed E-state index contributed by atoms with van der Waals surface area (Å²) in [6, 6.07) is 18.9. The van der Waals surface area contributed by atoms with Gasteiger partial charge < -0.3 is 0 Å². The molecule has 2 aromatic rings. The molecule has 2 unspecified atom stereocenters. The summed E-state index contributed by atoms with van der Waals surface area (Å²) < 4.78 is 0. The zero-order valence-electron chi connectivity index (χ0n) is 25.1. The molecular weight excluding hydrogens is 444 g/mol. The van der Waals surface area contributed by atoms with Crippen LogP contribution in [0.15, 0.2) is 59.7 Å². The summed E-state index contributed by atoms with van der Waals surface area (Å²) in [6.07, 6.45) is 10.3. The Morgan fingerprint density at radius 2 is 0.973 bits per heavy atom. The molecule has 200 valence electrons. The Kier molecular flexibility index (Phi) is 8.88. The van der Waals surface area contributed by atoms with Crippen LogP contribution in [-0.2, 0) is 0 Å². The van der Waals surface area contributed by atoms with Crippen LogP contribution in [0.1, 0.15) is 141 Å². The molecule has 0 aliphatic heterocycles. The molecule has 0 heterocycles. The lowest BCUT2D eigenvalue weighted by Gasteiger charge is -2.43. The SMILES string of the molecule is CCCCCC1=C(C(C)C)C(C(C)(C)C2C(C(C)C)=C(CCCCC)c3ccccc32)c2ccccc21. The van der Waals surface area contributed by atoms with E-state index in [2.05, 4.69) is 104 Å². The predicted octanol–water partition coefficient (Wildman–Crippen LogP) is 11.6. The Morgan fingerprint density at radius 3 is 1.32 bits per heavy atom. The van der Waals surface area contributed by atoms with Crippen LogP contribution in [0.2, 0.25) is 0 Å². The zero-order valence-corrected chi connectivity index (χ0v) is 25.1.